The summed E-state index contributed by atoms with van der Waals surface area (Å²) in [6.45, 7) is 6.28. The monoisotopic (exact) mass is 345 g/mol. The number of aromatic nitrogens is 2. The Kier molecular flexibility index (Phi) is 4.94. The van der Waals surface area contributed by atoms with E-state index in [1.165, 1.54) is 12.1 Å². The number of amides is 1. The predicted octanol–water partition coefficient (Wildman–Crippen LogP) is 2.91. The van der Waals surface area contributed by atoms with Crippen molar-refractivity contribution in [3.63, 3.8) is 0 Å². The minimum atomic E-state index is -0.437. The lowest BCUT2D eigenvalue weighted by Gasteiger charge is -2.34. The summed E-state index contributed by atoms with van der Waals surface area (Å²) in [5, 5.41) is 3.77. The highest BCUT2D eigenvalue weighted by Crippen LogP contribution is 2.25. The smallest absolute Gasteiger partial charge is 0.257 e. The molecule has 7 heteroatoms. The van der Waals surface area contributed by atoms with Crippen LogP contribution in [0.2, 0.25) is 0 Å². The van der Waals surface area contributed by atoms with Crippen molar-refractivity contribution in [2.45, 2.75) is 33.0 Å². The molecule has 0 bridgehead atoms. The Morgan fingerprint density at radius 1 is 1.32 bits per heavy atom. The molecule has 0 saturated carbocycles. The van der Waals surface area contributed by atoms with Crippen LogP contribution in [-0.2, 0) is 9.53 Å². The van der Waals surface area contributed by atoms with Crippen LogP contribution in [-0.4, -0.2) is 40.1 Å². The van der Waals surface area contributed by atoms with Gasteiger partial charge in [-0.3, -0.25) is 4.79 Å². The zero-order valence-electron chi connectivity index (χ0n) is 14.4. The molecule has 2 aromatic rings. The topological polar surface area (TPSA) is 68.5 Å². The molecule has 1 aromatic heterocycles. The van der Waals surface area contributed by atoms with Crippen molar-refractivity contribution in [3.8, 4) is 0 Å². The number of ether oxygens (including phenoxy) is 1. The van der Waals surface area contributed by atoms with Crippen LogP contribution in [0.3, 0.4) is 0 Å². The van der Waals surface area contributed by atoms with E-state index in [-0.39, 0.29) is 17.8 Å². The molecule has 25 heavy (non-hydrogen) atoms. The van der Waals surface area contributed by atoms with Gasteiger partial charge in [-0.05, 0) is 44.0 Å². The first-order valence-corrected chi connectivity index (χ1v) is 8.11. The minimum Gasteiger partial charge on any atom is -0.362 e. The first-order valence-electron chi connectivity index (χ1n) is 8.11. The third-order valence-electron chi connectivity index (χ3n) is 4.03. The second kappa shape index (κ2) is 7.14. The van der Waals surface area contributed by atoms with Gasteiger partial charge in [0.05, 0.1) is 12.6 Å². The van der Waals surface area contributed by atoms with Gasteiger partial charge in [0.1, 0.15) is 5.82 Å². The maximum atomic E-state index is 13.0. The molecule has 1 saturated heterocycles. The maximum absolute atomic E-state index is 13.0. The molecular formula is C18H20FN3O3. The molecule has 1 aromatic carbocycles. The summed E-state index contributed by atoms with van der Waals surface area (Å²) in [5.74, 6) is 0.476. The lowest BCUT2D eigenvalue weighted by Crippen LogP contribution is -2.45. The van der Waals surface area contributed by atoms with Gasteiger partial charge in [-0.2, -0.15) is 4.98 Å². The van der Waals surface area contributed by atoms with E-state index in [4.69, 9.17) is 9.26 Å². The minimum absolute atomic E-state index is 0.127. The zero-order valence-corrected chi connectivity index (χ0v) is 14.4. The highest BCUT2D eigenvalue weighted by atomic mass is 19.1. The number of carbonyl (C=O) groups is 1. The molecule has 2 atom stereocenters. The van der Waals surface area contributed by atoms with Gasteiger partial charge in [-0.15, -0.1) is 0 Å². The average molecular weight is 345 g/mol. The van der Waals surface area contributed by atoms with E-state index in [1.807, 2.05) is 13.8 Å². The molecular weight excluding hydrogens is 325 g/mol. The van der Waals surface area contributed by atoms with Gasteiger partial charge < -0.3 is 14.2 Å². The first-order chi connectivity index (χ1) is 11.9. The van der Waals surface area contributed by atoms with Crippen LogP contribution in [0, 0.1) is 12.7 Å². The number of aryl methyl sites for hydroxylation is 1. The number of benzene rings is 1. The largest absolute Gasteiger partial charge is 0.362 e. The third kappa shape index (κ3) is 4.11. The fourth-order valence-electron chi connectivity index (χ4n) is 2.78. The Labute approximate surface area is 145 Å². The van der Waals surface area contributed by atoms with Gasteiger partial charge in [0.2, 0.25) is 5.91 Å². The second-order valence-electron chi connectivity index (χ2n) is 6.19. The van der Waals surface area contributed by atoms with E-state index in [0.717, 1.165) is 11.1 Å². The van der Waals surface area contributed by atoms with Crippen molar-refractivity contribution in [1.82, 2.24) is 15.0 Å². The van der Waals surface area contributed by atoms with E-state index in [1.54, 1.807) is 30.0 Å². The number of hydrogen-bond donors (Lipinski definition) is 0. The molecule has 1 aliphatic heterocycles. The summed E-state index contributed by atoms with van der Waals surface area (Å²) in [5.41, 5.74) is 1.58. The number of rotatable bonds is 3. The van der Waals surface area contributed by atoms with Crippen LogP contribution in [0.4, 0.5) is 4.39 Å². The summed E-state index contributed by atoms with van der Waals surface area (Å²) >= 11 is 0. The molecule has 3 rings (SSSR count). The van der Waals surface area contributed by atoms with Crippen LogP contribution >= 0.6 is 0 Å². The Morgan fingerprint density at radius 3 is 2.68 bits per heavy atom. The van der Waals surface area contributed by atoms with Crippen molar-refractivity contribution < 1.29 is 18.4 Å². The lowest BCUT2D eigenvalue weighted by atomic mass is 10.1. The Hall–Kier alpha value is -2.54. The van der Waals surface area contributed by atoms with E-state index in [9.17, 15) is 9.18 Å². The van der Waals surface area contributed by atoms with Crippen molar-refractivity contribution >= 4 is 11.5 Å². The molecule has 1 amide bonds. The normalized spacial score (nSPS) is 21.4. The number of carbonyl (C=O) groups excluding carboxylic acids is 1. The molecule has 0 radical (unpaired) electrons. The number of nitrogens with zero attached hydrogens (tertiary/aromatic N) is 3. The van der Waals surface area contributed by atoms with Gasteiger partial charge in [-0.1, -0.05) is 17.3 Å². The fourth-order valence-corrected chi connectivity index (χ4v) is 2.78. The number of hydrogen-bond acceptors (Lipinski definition) is 5. The molecule has 1 aliphatic rings. The van der Waals surface area contributed by atoms with Gasteiger partial charge in [-0.25, -0.2) is 4.39 Å². The molecule has 0 spiro atoms. The van der Waals surface area contributed by atoms with Gasteiger partial charge in [0, 0.05) is 12.6 Å². The molecule has 2 heterocycles. The summed E-state index contributed by atoms with van der Waals surface area (Å²) < 4.78 is 24.0. The molecule has 132 valence electrons. The van der Waals surface area contributed by atoms with E-state index < -0.39 is 6.10 Å². The van der Waals surface area contributed by atoms with Crippen molar-refractivity contribution in [2.24, 2.45) is 0 Å². The standard InChI is InChI=1S/C18H20FN3O3/c1-11(14-4-6-15(19)7-5-14)8-17(23)22-9-12(2)24-16(10-22)18-20-13(3)21-25-18/h4-8,12,16H,9-10H2,1-3H3/b11-8+/t12-,16-/m1/s1. The quantitative estimate of drug-likeness (QED) is 0.800. The SMILES string of the molecule is C/C(=C\C(=O)N1C[C@@H](C)O[C@@H](c2nc(C)no2)C1)c1ccc(F)cc1. The third-order valence-corrected chi connectivity index (χ3v) is 4.03. The Morgan fingerprint density at radius 2 is 2.04 bits per heavy atom. The van der Waals surface area contributed by atoms with Gasteiger partial charge >= 0.3 is 0 Å². The second-order valence-corrected chi connectivity index (χ2v) is 6.19. The summed E-state index contributed by atoms with van der Waals surface area (Å²) in [4.78, 5) is 18.5. The van der Waals surface area contributed by atoms with Crippen LogP contribution in [0.1, 0.15) is 37.2 Å². The predicted molar refractivity (Wildman–Crippen MR) is 89.0 cm³/mol. The molecule has 0 unspecified atom stereocenters. The highest BCUT2D eigenvalue weighted by Gasteiger charge is 2.32. The Balaban J connectivity index is 1.74. The average Bonchev–Trinajstić information content (AvgIpc) is 3.01. The summed E-state index contributed by atoms with van der Waals surface area (Å²) in [6, 6.07) is 6.06. The van der Waals surface area contributed by atoms with Crippen molar-refractivity contribution in [3.05, 3.63) is 53.4 Å². The number of halogens is 1. The molecule has 0 aliphatic carbocycles. The first kappa shape index (κ1) is 17.3. The molecule has 0 N–H and O–H groups in total. The zero-order chi connectivity index (χ0) is 18.0. The van der Waals surface area contributed by atoms with E-state index >= 15 is 0 Å². The molecule has 1 fully saturated rings. The van der Waals surface area contributed by atoms with Crippen LogP contribution in [0.15, 0.2) is 34.9 Å². The van der Waals surface area contributed by atoms with Crippen LogP contribution in [0.25, 0.3) is 5.57 Å². The number of allylic oxidation sites excluding steroid dienone is 1. The fraction of sp³-hybridized carbons (Fsp3) is 0.389. The summed E-state index contributed by atoms with van der Waals surface area (Å²) in [7, 11) is 0. The van der Waals surface area contributed by atoms with E-state index in [0.29, 0.717) is 24.8 Å². The molecule has 6 nitrogen and oxygen atoms in total. The van der Waals surface area contributed by atoms with Crippen molar-refractivity contribution in [1.29, 1.82) is 0 Å². The van der Waals surface area contributed by atoms with Crippen molar-refractivity contribution in [2.75, 3.05) is 13.1 Å². The van der Waals surface area contributed by atoms with E-state index in [2.05, 4.69) is 10.1 Å². The van der Waals surface area contributed by atoms with Crippen LogP contribution in [0.5, 0.6) is 0 Å². The Bertz CT molecular complexity index is 785. The maximum Gasteiger partial charge on any atom is 0.257 e. The number of morpholine rings is 1. The summed E-state index contributed by atoms with van der Waals surface area (Å²) in [6.07, 6.45) is 0.976. The van der Waals surface area contributed by atoms with Gasteiger partial charge in [0.15, 0.2) is 11.9 Å². The van der Waals surface area contributed by atoms with Gasteiger partial charge in [0.25, 0.3) is 5.89 Å². The lowest BCUT2D eigenvalue weighted by molar-refractivity contribution is -0.141. The van der Waals surface area contributed by atoms with Crippen LogP contribution < -0.4 is 0 Å². The highest BCUT2D eigenvalue weighted by molar-refractivity contribution is 5.95.